The number of nitrogen functional groups attached to an aromatic ring is 1. The second-order valence-corrected chi connectivity index (χ2v) is 6.80. The quantitative estimate of drug-likeness (QED) is 0.0680. The molecule has 166 valence electrons. The van der Waals surface area contributed by atoms with E-state index in [1.165, 1.54) is 20.6 Å². The number of nitrogens with two attached hydrogens (primary N) is 1. The van der Waals surface area contributed by atoms with Crippen LogP contribution in [0.2, 0.25) is 0 Å². The molecule has 0 aliphatic rings. The molecule has 12 heteroatoms. The molecule has 0 fully saturated rings. The van der Waals surface area contributed by atoms with Crippen molar-refractivity contribution in [3.63, 3.8) is 0 Å². The van der Waals surface area contributed by atoms with Gasteiger partial charge in [0, 0.05) is 17.0 Å². The summed E-state index contributed by atoms with van der Waals surface area (Å²) in [6, 6.07) is 17.2. The minimum Gasteiger partial charge on any atom is -0.691 e. The van der Waals surface area contributed by atoms with Gasteiger partial charge in [-0.3, -0.25) is 5.04 Å². The van der Waals surface area contributed by atoms with Crippen LogP contribution in [0, 0.1) is 0 Å². The number of azo groups is 1. The van der Waals surface area contributed by atoms with Crippen LogP contribution < -0.4 is 54.8 Å². The van der Waals surface area contributed by atoms with Crippen molar-refractivity contribution in [3.8, 4) is 17.2 Å². The summed E-state index contributed by atoms with van der Waals surface area (Å²) in [5.74, 6) is 1.55. The van der Waals surface area contributed by atoms with Crippen molar-refractivity contribution in [2.24, 2.45) is 15.2 Å². The molecule has 33 heavy (non-hydrogen) atoms. The average molecular weight is 478 g/mol. The van der Waals surface area contributed by atoms with E-state index < -0.39 is 0 Å². The van der Waals surface area contributed by atoms with Crippen LogP contribution in [0.5, 0.6) is 17.2 Å². The van der Waals surface area contributed by atoms with Crippen molar-refractivity contribution in [1.29, 1.82) is 0 Å². The van der Waals surface area contributed by atoms with E-state index in [1.807, 2.05) is 0 Å². The molecule has 0 aliphatic carbocycles. The van der Waals surface area contributed by atoms with Gasteiger partial charge in [0.2, 0.25) is 0 Å². The number of anilines is 1. The molecule has 3 aromatic rings. The summed E-state index contributed by atoms with van der Waals surface area (Å²) >= 11 is 0.805. The number of benzene rings is 3. The average Bonchev–Trinajstić information content (AvgIpc) is 2.83. The van der Waals surface area contributed by atoms with E-state index in [0.717, 1.165) is 12.0 Å². The monoisotopic (exact) mass is 478 g/mol. The smallest absolute Gasteiger partial charge is 0.691 e. The number of hydrogen-bond acceptors (Lipinski definition) is 11. The van der Waals surface area contributed by atoms with E-state index in [2.05, 4.69) is 24.6 Å². The van der Waals surface area contributed by atoms with Crippen molar-refractivity contribution >= 4 is 41.2 Å². The molecule has 0 bridgehead atoms. The van der Waals surface area contributed by atoms with Crippen LogP contribution in [0.25, 0.3) is 0 Å². The van der Waals surface area contributed by atoms with Crippen molar-refractivity contribution in [2.75, 3.05) is 20.0 Å². The summed E-state index contributed by atoms with van der Waals surface area (Å²) in [5.41, 5.74) is 8.09. The topological polar surface area (TPSA) is 132 Å². The van der Waals surface area contributed by atoms with Crippen molar-refractivity contribution < 1.29 is 58.4 Å². The zero-order chi connectivity index (χ0) is 22.8. The molecular weight excluding hydrogens is 459 g/mol. The molecule has 10 nitrogen and oxygen atoms in total. The van der Waals surface area contributed by atoms with Gasteiger partial charge >= 0.3 is 29.6 Å². The Morgan fingerprint density at radius 2 is 1.55 bits per heavy atom. The molecule has 3 aromatic carbocycles. The Morgan fingerprint density at radius 3 is 2.18 bits per heavy atom. The maximum Gasteiger partial charge on any atom is 1.00 e. The zero-order valence-corrected chi connectivity index (χ0v) is 20.9. The minimum atomic E-state index is 0. The van der Waals surface area contributed by atoms with Crippen LogP contribution >= 0.6 is 12.0 Å². The van der Waals surface area contributed by atoms with Gasteiger partial charge in [-0.25, -0.2) is 4.99 Å². The first-order valence-corrected chi connectivity index (χ1v) is 9.83. The first kappa shape index (κ1) is 26.6. The van der Waals surface area contributed by atoms with Gasteiger partial charge in [-0.05, 0) is 48.5 Å². The predicted molar refractivity (Wildman–Crippen MR) is 118 cm³/mol. The molecule has 0 spiro atoms. The Kier molecular flexibility index (Phi) is 11.1. The Balaban J connectivity index is 0.00000385. The van der Waals surface area contributed by atoms with Gasteiger partial charge in [-0.1, -0.05) is 0 Å². The van der Waals surface area contributed by atoms with Crippen molar-refractivity contribution in [2.45, 2.75) is 4.90 Å². The normalized spacial score (nSPS) is 10.9. The zero-order valence-electron chi connectivity index (χ0n) is 18.1. The molecule has 2 N–H and O–H groups in total. The van der Waals surface area contributed by atoms with E-state index in [-0.39, 0.29) is 29.6 Å². The third-order valence-corrected chi connectivity index (χ3v) is 4.61. The number of ether oxygens (including phenoxy) is 3. The second-order valence-electron chi connectivity index (χ2n) is 6.03. The third kappa shape index (κ3) is 8.02. The molecule has 3 rings (SSSR count). The largest absolute Gasteiger partial charge is 1.00 e. The molecule has 0 amide bonds. The van der Waals surface area contributed by atoms with Crippen LogP contribution in [-0.2, 0) is 9.37 Å². The Hall–Kier alpha value is -2.64. The van der Waals surface area contributed by atoms with Gasteiger partial charge in [0.1, 0.15) is 22.9 Å². The predicted octanol–water partition coefficient (Wildman–Crippen LogP) is 1.67. The van der Waals surface area contributed by atoms with Crippen molar-refractivity contribution in [3.05, 3.63) is 60.7 Å². The summed E-state index contributed by atoms with van der Waals surface area (Å²) in [6.07, 6.45) is 1.32. The van der Waals surface area contributed by atoms with E-state index in [4.69, 9.17) is 19.9 Å². The van der Waals surface area contributed by atoms with E-state index in [1.54, 1.807) is 60.7 Å². The number of nitrogens with zero attached hydrogens (tertiary/aromatic N) is 3. The molecule has 0 radical (unpaired) electrons. The number of hydrogen-bond donors (Lipinski definition) is 1. The fraction of sp³-hybridized carbons (Fsp3) is 0.0952. The maximum absolute atomic E-state index is 9.82. The summed E-state index contributed by atoms with van der Waals surface area (Å²) in [5, 5.41) is 21.5. The number of rotatable bonds is 10. The van der Waals surface area contributed by atoms with Gasteiger partial charge < -0.3 is 25.2 Å². The van der Waals surface area contributed by atoms with Crippen LogP contribution in [0.15, 0.2) is 80.8 Å². The maximum atomic E-state index is 9.82. The summed E-state index contributed by atoms with van der Waals surface area (Å²) < 4.78 is 20.2. The minimum absolute atomic E-state index is 0. The molecule has 0 saturated carbocycles. The van der Waals surface area contributed by atoms with Gasteiger partial charge in [0.15, 0.2) is 6.40 Å². The Bertz CT molecular complexity index is 1080. The molecule has 0 atom stereocenters. The Labute approximate surface area is 216 Å². The third-order valence-electron chi connectivity index (χ3n) is 4.03. The Morgan fingerprint density at radius 1 is 0.879 bits per heavy atom. The summed E-state index contributed by atoms with van der Waals surface area (Å²) in [6.45, 7) is 0. The second kappa shape index (κ2) is 13.8. The molecule has 0 heterocycles. The van der Waals surface area contributed by atoms with E-state index in [9.17, 15) is 5.26 Å². The van der Waals surface area contributed by atoms with E-state index in [0.29, 0.717) is 44.9 Å². The van der Waals surface area contributed by atoms with Crippen LogP contribution in [0.4, 0.5) is 22.7 Å². The van der Waals surface area contributed by atoms with Gasteiger partial charge in [-0.2, -0.15) is 9.45 Å². The summed E-state index contributed by atoms with van der Waals surface area (Å²) in [7, 11) is 3.05. The fourth-order valence-corrected chi connectivity index (χ4v) is 2.83. The van der Waals surface area contributed by atoms with Crippen LogP contribution in [-0.4, -0.2) is 20.6 Å². The SMILES string of the molecule is COc1cc(N=Nc2ccc(OC=Nc3ccc(SOO[O-])cc3)cc2)c(OC)cc1N.[Na+]. The first-order valence-electron chi connectivity index (χ1n) is 9.08. The molecule has 0 unspecified atom stereocenters. The molecular formula is C21H19N4NaO6S. The fourth-order valence-electron chi connectivity index (χ4n) is 2.48. The van der Waals surface area contributed by atoms with Gasteiger partial charge in [0.25, 0.3) is 0 Å². The van der Waals surface area contributed by atoms with Crippen LogP contribution in [0.1, 0.15) is 0 Å². The van der Waals surface area contributed by atoms with Crippen LogP contribution in [0.3, 0.4) is 0 Å². The van der Waals surface area contributed by atoms with Gasteiger partial charge in [-0.15, -0.1) is 5.11 Å². The summed E-state index contributed by atoms with van der Waals surface area (Å²) in [4.78, 5) is 4.89. The number of aliphatic imine (C=N–C) groups is 1. The van der Waals surface area contributed by atoms with Crippen molar-refractivity contribution in [1.82, 2.24) is 0 Å². The number of methoxy groups -OCH3 is 2. The molecule has 0 aromatic heterocycles. The molecule has 0 saturated heterocycles. The van der Waals surface area contributed by atoms with Gasteiger partial charge in [0.05, 0.1) is 43.3 Å². The van der Waals surface area contributed by atoms with E-state index >= 15 is 0 Å². The molecule has 0 aliphatic heterocycles. The first-order chi connectivity index (χ1) is 15.6. The standard InChI is InChI=1S/C21H20N4O6S.Na/c1-27-20-12-19(21(28-2)11-18(20)22)25-24-15-3-7-16(8-4-15)29-13-23-14-5-9-17(10-6-14)32-31-30-26;/h3-13,26H,22H2,1-2H3;/q;+1/p-1.